The summed E-state index contributed by atoms with van der Waals surface area (Å²) in [5.74, 6) is 0. The molecule has 1 unspecified atom stereocenters. The topological polar surface area (TPSA) is 50.1 Å². The molecule has 0 saturated carbocycles. The van der Waals surface area contributed by atoms with Crippen LogP contribution in [0.1, 0.15) is 25.1 Å². The number of nitrogens with zero attached hydrogens (tertiary/aromatic N) is 2. The minimum Gasteiger partial charge on any atom is -0.384 e. The molecule has 2 aromatic heterocycles. The van der Waals surface area contributed by atoms with Crippen molar-refractivity contribution in [2.75, 3.05) is 6.54 Å². The minimum absolute atomic E-state index is 0.526. The van der Waals surface area contributed by atoms with Crippen LogP contribution in [0.2, 0.25) is 0 Å². The Kier molecular flexibility index (Phi) is 4.16. The summed E-state index contributed by atoms with van der Waals surface area (Å²) in [6.45, 7) is 6.01. The third kappa shape index (κ3) is 2.98. The van der Waals surface area contributed by atoms with Crippen LogP contribution in [0.4, 0.5) is 0 Å². The van der Waals surface area contributed by atoms with E-state index in [1.807, 2.05) is 34.5 Å². The van der Waals surface area contributed by atoms with E-state index in [0.717, 1.165) is 17.8 Å². The van der Waals surface area contributed by atoms with Crippen molar-refractivity contribution in [2.45, 2.75) is 32.5 Å². The lowest BCUT2D eigenvalue weighted by Gasteiger charge is -2.23. The van der Waals surface area contributed by atoms with E-state index in [4.69, 9.17) is 0 Å². The monoisotopic (exact) mass is 265 g/mol. The smallest absolute Gasteiger partial charge is 0.1000 e. The lowest BCUT2D eigenvalue weighted by atomic mass is 9.99. The van der Waals surface area contributed by atoms with Gasteiger partial charge in [-0.05, 0) is 42.3 Å². The molecule has 5 heteroatoms. The lowest BCUT2D eigenvalue weighted by molar-refractivity contribution is 0.0569. The third-order valence-corrected chi connectivity index (χ3v) is 3.71. The summed E-state index contributed by atoms with van der Waals surface area (Å²) in [6.07, 6.45) is 1.80. The zero-order chi connectivity index (χ0) is 13.0. The van der Waals surface area contributed by atoms with Crippen LogP contribution in [0.3, 0.4) is 0 Å². The first-order chi connectivity index (χ1) is 8.63. The van der Waals surface area contributed by atoms with E-state index in [2.05, 4.69) is 17.3 Å². The van der Waals surface area contributed by atoms with Gasteiger partial charge in [0.15, 0.2) is 0 Å². The van der Waals surface area contributed by atoms with Gasteiger partial charge in [0.2, 0.25) is 0 Å². The summed E-state index contributed by atoms with van der Waals surface area (Å²) in [5.41, 5.74) is 1.28. The van der Waals surface area contributed by atoms with Gasteiger partial charge in [-0.2, -0.15) is 16.4 Å². The fourth-order valence-corrected chi connectivity index (χ4v) is 2.68. The van der Waals surface area contributed by atoms with Crippen LogP contribution in [0.5, 0.6) is 0 Å². The van der Waals surface area contributed by atoms with E-state index < -0.39 is 5.60 Å². The molecule has 0 amide bonds. The highest BCUT2D eigenvalue weighted by Gasteiger charge is 2.22. The molecule has 0 saturated heterocycles. The highest BCUT2D eigenvalue weighted by Crippen LogP contribution is 2.22. The fraction of sp³-hybridized carbons (Fsp3) is 0.462. The molecule has 0 spiro atoms. The molecular formula is C13H19N3OS. The number of rotatable bonds is 6. The second kappa shape index (κ2) is 5.65. The Bertz CT molecular complexity index is 476. The maximum Gasteiger partial charge on any atom is 0.1000 e. The van der Waals surface area contributed by atoms with Crippen molar-refractivity contribution in [3.63, 3.8) is 0 Å². The second-order valence-corrected chi connectivity index (χ2v) is 5.31. The molecule has 0 aromatic carbocycles. The van der Waals surface area contributed by atoms with Gasteiger partial charge in [0.1, 0.15) is 0 Å². The molecule has 0 radical (unpaired) electrons. The Labute approximate surface area is 111 Å². The van der Waals surface area contributed by atoms with Gasteiger partial charge in [-0.15, -0.1) is 0 Å². The number of hydrogen-bond acceptors (Lipinski definition) is 4. The van der Waals surface area contributed by atoms with Crippen molar-refractivity contribution in [3.05, 3.63) is 40.3 Å². The van der Waals surface area contributed by atoms with Gasteiger partial charge in [-0.1, -0.05) is 0 Å². The van der Waals surface area contributed by atoms with Crippen molar-refractivity contribution in [1.82, 2.24) is 15.1 Å². The van der Waals surface area contributed by atoms with E-state index >= 15 is 0 Å². The highest BCUT2D eigenvalue weighted by molar-refractivity contribution is 7.08. The largest absolute Gasteiger partial charge is 0.384 e. The molecule has 0 bridgehead atoms. The summed E-state index contributed by atoms with van der Waals surface area (Å²) in [4.78, 5) is 0. The average molecular weight is 265 g/mol. The standard InChI is InChI=1S/C13H19N3OS/c1-3-16-12(4-6-15-16)8-14-10-13(2,17)11-5-7-18-9-11/h4-7,9,14,17H,3,8,10H2,1-2H3. The molecule has 1 atom stereocenters. The number of aliphatic hydroxyl groups is 1. The molecular weight excluding hydrogens is 246 g/mol. The summed E-state index contributed by atoms with van der Waals surface area (Å²) in [7, 11) is 0. The Morgan fingerprint density at radius 1 is 1.50 bits per heavy atom. The predicted molar refractivity (Wildman–Crippen MR) is 73.5 cm³/mol. The normalized spacial score (nSPS) is 14.6. The van der Waals surface area contributed by atoms with Gasteiger partial charge in [0.25, 0.3) is 0 Å². The van der Waals surface area contributed by atoms with Crippen molar-refractivity contribution < 1.29 is 5.11 Å². The third-order valence-electron chi connectivity index (χ3n) is 3.02. The van der Waals surface area contributed by atoms with Gasteiger partial charge in [0.05, 0.1) is 11.3 Å². The van der Waals surface area contributed by atoms with Crippen molar-refractivity contribution in [3.8, 4) is 0 Å². The van der Waals surface area contributed by atoms with Gasteiger partial charge in [-0.25, -0.2) is 0 Å². The van der Waals surface area contributed by atoms with Crippen molar-refractivity contribution >= 4 is 11.3 Å². The van der Waals surface area contributed by atoms with Crippen LogP contribution >= 0.6 is 11.3 Å². The van der Waals surface area contributed by atoms with E-state index in [1.165, 1.54) is 0 Å². The molecule has 2 rings (SSSR count). The second-order valence-electron chi connectivity index (χ2n) is 4.53. The Morgan fingerprint density at radius 2 is 2.33 bits per heavy atom. The van der Waals surface area contributed by atoms with Gasteiger partial charge < -0.3 is 10.4 Å². The first kappa shape index (κ1) is 13.3. The molecule has 0 aliphatic carbocycles. The molecule has 2 N–H and O–H groups in total. The fourth-order valence-electron chi connectivity index (χ4n) is 1.90. The molecule has 2 heterocycles. The summed E-state index contributed by atoms with van der Waals surface area (Å²) in [6, 6.07) is 3.96. The van der Waals surface area contributed by atoms with E-state index in [-0.39, 0.29) is 0 Å². The highest BCUT2D eigenvalue weighted by atomic mass is 32.1. The minimum atomic E-state index is -0.822. The SMILES string of the molecule is CCn1nccc1CNCC(C)(O)c1ccsc1. The molecule has 4 nitrogen and oxygen atoms in total. The summed E-state index contributed by atoms with van der Waals surface area (Å²) < 4.78 is 1.95. The summed E-state index contributed by atoms with van der Waals surface area (Å²) >= 11 is 1.60. The van der Waals surface area contributed by atoms with Gasteiger partial charge in [0, 0.05) is 25.8 Å². The molecule has 0 fully saturated rings. The maximum atomic E-state index is 10.4. The quantitative estimate of drug-likeness (QED) is 0.839. The number of nitrogens with one attached hydrogen (secondary N) is 1. The Morgan fingerprint density at radius 3 is 3.00 bits per heavy atom. The first-order valence-electron chi connectivity index (χ1n) is 6.10. The predicted octanol–water partition coefficient (Wildman–Crippen LogP) is 1.96. The van der Waals surface area contributed by atoms with Crippen molar-refractivity contribution in [2.24, 2.45) is 0 Å². The van der Waals surface area contributed by atoms with Crippen LogP contribution in [0.15, 0.2) is 29.1 Å². The molecule has 2 aromatic rings. The lowest BCUT2D eigenvalue weighted by Crippen LogP contribution is -2.35. The summed E-state index contributed by atoms with van der Waals surface area (Å²) in [5, 5.41) is 21.8. The molecule has 18 heavy (non-hydrogen) atoms. The van der Waals surface area contributed by atoms with Crippen molar-refractivity contribution in [1.29, 1.82) is 0 Å². The van der Waals surface area contributed by atoms with E-state index in [1.54, 1.807) is 17.5 Å². The van der Waals surface area contributed by atoms with Gasteiger partial charge >= 0.3 is 0 Å². The number of aromatic nitrogens is 2. The van der Waals surface area contributed by atoms with E-state index in [9.17, 15) is 5.11 Å². The van der Waals surface area contributed by atoms with E-state index in [0.29, 0.717) is 13.1 Å². The Balaban J connectivity index is 1.89. The molecule has 98 valence electrons. The molecule has 0 aliphatic rings. The average Bonchev–Trinajstić information content (AvgIpc) is 2.99. The molecule has 0 aliphatic heterocycles. The number of aryl methyl sites for hydroxylation is 1. The zero-order valence-corrected chi connectivity index (χ0v) is 11.6. The van der Waals surface area contributed by atoms with Crippen LogP contribution in [0, 0.1) is 0 Å². The Hall–Kier alpha value is -1.17. The van der Waals surface area contributed by atoms with Crippen LogP contribution < -0.4 is 5.32 Å². The zero-order valence-electron chi connectivity index (χ0n) is 10.8. The number of thiophene rings is 1. The van der Waals surface area contributed by atoms with Crippen LogP contribution in [0.25, 0.3) is 0 Å². The first-order valence-corrected chi connectivity index (χ1v) is 7.04. The number of hydrogen-bond donors (Lipinski definition) is 2. The van der Waals surface area contributed by atoms with Gasteiger partial charge in [-0.3, -0.25) is 4.68 Å². The maximum absolute atomic E-state index is 10.4. The van der Waals surface area contributed by atoms with Crippen LogP contribution in [-0.2, 0) is 18.7 Å². The van der Waals surface area contributed by atoms with Crippen LogP contribution in [-0.4, -0.2) is 21.4 Å².